The number of hydrogen-bond acceptors (Lipinski definition) is 2. The zero-order valence-corrected chi connectivity index (χ0v) is 19.4. The van der Waals surface area contributed by atoms with Crippen molar-refractivity contribution in [3.63, 3.8) is 0 Å². The van der Waals surface area contributed by atoms with E-state index in [1.165, 1.54) is 32.1 Å². The monoisotopic (exact) mass is 457 g/mol. The van der Waals surface area contributed by atoms with E-state index in [1.54, 1.807) is 6.07 Å². The fraction of sp³-hybridized carbons (Fsp3) is 0.400. The van der Waals surface area contributed by atoms with Crippen molar-refractivity contribution < 1.29 is 4.79 Å². The van der Waals surface area contributed by atoms with Crippen molar-refractivity contribution in [3.05, 3.63) is 58.2 Å². The SMILES string of the molecule is CN(CCNC(=O)Cc1c[nH]c2c(-c3ccc(Cl)c(Cl)c3)cccc12)C1CCCCC1. The van der Waals surface area contributed by atoms with Gasteiger partial charge in [-0.15, -0.1) is 0 Å². The van der Waals surface area contributed by atoms with E-state index in [9.17, 15) is 4.79 Å². The van der Waals surface area contributed by atoms with E-state index in [1.807, 2.05) is 36.5 Å². The molecule has 1 aliphatic rings. The number of rotatable bonds is 7. The molecule has 164 valence electrons. The quantitative estimate of drug-likeness (QED) is 0.452. The first-order valence-electron chi connectivity index (χ1n) is 11.0. The van der Waals surface area contributed by atoms with Gasteiger partial charge in [0.2, 0.25) is 5.91 Å². The highest BCUT2D eigenvalue weighted by atomic mass is 35.5. The van der Waals surface area contributed by atoms with Crippen LogP contribution in [0.4, 0.5) is 0 Å². The molecule has 6 heteroatoms. The van der Waals surface area contributed by atoms with Gasteiger partial charge in [0.15, 0.2) is 0 Å². The van der Waals surface area contributed by atoms with Gasteiger partial charge in [0.1, 0.15) is 0 Å². The number of carbonyl (C=O) groups is 1. The summed E-state index contributed by atoms with van der Waals surface area (Å²) < 4.78 is 0. The number of hydrogen-bond donors (Lipinski definition) is 2. The smallest absolute Gasteiger partial charge is 0.224 e. The fourth-order valence-corrected chi connectivity index (χ4v) is 4.87. The van der Waals surface area contributed by atoms with Gasteiger partial charge in [-0.25, -0.2) is 0 Å². The first-order valence-corrected chi connectivity index (χ1v) is 11.8. The molecule has 1 saturated carbocycles. The van der Waals surface area contributed by atoms with Gasteiger partial charge in [-0.1, -0.05) is 66.7 Å². The number of likely N-dealkylation sites (N-methyl/N-ethyl adjacent to an activating group) is 1. The van der Waals surface area contributed by atoms with Crippen molar-refractivity contribution in [2.75, 3.05) is 20.1 Å². The molecule has 3 aromatic rings. The highest BCUT2D eigenvalue weighted by molar-refractivity contribution is 6.42. The number of nitrogens with one attached hydrogen (secondary N) is 2. The Balaban J connectivity index is 1.39. The van der Waals surface area contributed by atoms with Crippen LogP contribution in [0.15, 0.2) is 42.6 Å². The van der Waals surface area contributed by atoms with E-state index in [0.717, 1.165) is 34.1 Å². The van der Waals surface area contributed by atoms with E-state index in [2.05, 4.69) is 22.2 Å². The van der Waals surface area contributed by atoms with Crippen LogP contribution >= 0.6 is 23.2 Å². The number of fused-ring (bicyclic) bond motifs is 1. The maximum atomic E-state index is 12.6. The van der Waals surface area contributed by atoms with Crippen molar-refractivity contribution >= 4 is 40.0 Å². The minimum Gasteiger partial charge on any atom is -0.360 e. The number of para-hydroxylation sites is 1. The second kappa shape index (κ2) is 10.1. The van der Waals surface area contributed by atoms with Gasteiger partial charge >= 0.3 is 0 Å². The summed E-state index contributed by atoms with van der Waals surface area (Å²) in [5, 5.41) is 5.21. The zero-order chi connectivity index (χ0) is 21.8. The lowest BCUT2D eigenvalue weighted by atomic mass is 9.94. The van der Waals surface area contributed by atoms with Crippen LogP contribution < -0.4 is 5.32 Å². The molecule has 1 aromatic heterocycles. The Hall–Kier alpha value is -2.01. The summed E-state index contributed by atoms with van der Waals surface area (Å²) in [4.78, 5) is 18.3. The van der Waals surface area contributed by atoms with E-state index < -0.39 is 0 Å². The van der Waals surface area contributed by atoms with Crippen LogP contribution in [0, 0.1) is 0 Å². The van der Waals surface area contributed by atoms with E-state index >= 15 is 0 Å². The first-order chi connectivity index (χ1) is 15.0. The van der Waals surface area contributed by atoms with Crippen LogP contribution in [-0.2, 0) is 11.2 Å². The molecule has 31 heavy (non-hydrogen) atoms. The van der Waals surface area contributed by atoms with Gasteiger partial charge in [0.05, 0.1) is 22.0 Å². The number of H-pyrrole nitrogens is 1. The van der Waals surface area contributed by atoms with Crippen LogP contribution in [0.3, 0.4) is 0 Å². The number of benzene rings is 2. The zero-order valence-electron chi connectivity index (χ0n) is 17.9. The predicted molar refractivity (Wildman–Crippen MR) is 130 cm³/mol. The van der Waals surface area contributed by atoms with Crippen molar-refractivity contribution in [2.24, 2.45) is 0 Å². The van der Waals surface area contributed by atoms with Crippen LogP contribution in [0.5, 0.6) is 0 Å². The van der Waals surface area contributed by atoms with Gasteiger partial charge in [0.25, 0.3) is 0 Å². The summed E-state index contributed by atoms with van der Waals surface area (Å²) in [6.45, 7) is 1.58. The molecule has 0 radical (unpaired) electrons. The van der Waals surface area contributed by atoms with Crippen LogP contribution in [0.2, 0.25) is 10.0 Å². The van der Waals surface area contributed by atoms with Crippen LogP contribution in [0.1, 0.15) is 37.7 Å². The lowest BCUT2D eigenvalue weighted by Gasteiger charge is -2.31. The third kappa shape index (κ3) is 5.25. The van der Waals surface area contributed by atoms with Crippen LogP contribution in [0.25, 0.3) is 22.0 Å². The summed E-state index contributed by atoms with van der Waals surface area (Å²) >= 11 is 12.3. The van der Waals surface area contributed by atoms with Gasteiger partial charge in [-0.05, 0) is 43.1 Å². The minimum absolute atomic E-state index is 0.0536. The molecule has 0 unspecified atom stereocenters. The molecular formula is C25H29Cl2N3O. The molecule has 1 heterocycles. The maximum Gasteiger partial charge on any atom is 0.224 e. The standard InChI is InChI=1S/C25H29Cl2N3O/c1-30(19-6-3-2-4-7-19)13-12-28-24(31)15-18-16-29-25-20(8-5-9-21(18)25)17-10-11-22(26)23(27)14-17/h5,8-11,14,16,19,29H,2-4,6-7,12-13,15H2,1H3,(H,28,31). The molecule has 0 atom stereocenters. The summed E-state index contributed by atoms with van der Waals surface area (Å²) in [7, 11) is 2.17. The molecule has 2 aromatic carbocycles. The van der Waals surface area contributed by atoms with Crippen molar-refractivity contribution in [3.8, 4) is 11.1 Å². The molecule has 1 fully saturated rings. The molecule has 0 saturated heterocycles. The number of amides is 1. The number of nitrogens with zero attached hydrogens (tertiary/aromatic N) is 1. The lowest BCUT2D eigenvalue weighted by molar-refractivity contribution is -0.120. The van der Waals surface area contributed by atoms with E-state index in [0.29, 0.717) is 29.1 Å². The maximum absolute atomic E-state index is 12.6. The van der Waals surface area contributed by atoms with Crippen molar-refractivity contribution in [2.45, 2.75) is 44.6 Å². The lowest BCUT2D eigenvalue weighted by Crippen LogP contribution is -2.39. The van der Waals surface area contributed by atoms with E-state index in [-0.39, 0.29) is 5.91 Å². The molecule has 0 aliphatic heterocycles. The Bertz CT molecular complexity index is 1060. The number of aromatic nitrogens is 1. The highest BCUT2D eigenvalue weighted by Crippen LogP contribution is 2.33. The second-order valence-corrected chi connectivity index (χ2v) is 9.28. The number of halogens is 2. The average Bonchev–Trinajstić information content (AvgIpc) is 3.19. The Morgan fingerprint density at radius 2 is 1.94 bits per heavy atom. The molecular weight excluding hydrogens is 429 g/mol. The predicted octanol–water partition coefficient (Wildman–Crippen LogP) is 6.06. The summed E-state index contributed by atoms with van der Waals surface area (Å²) in [6.07, 6.45) is 8.86. The van der Waals surface area contributed by atoms with Crippen molar-refractivity contribution in [1.82, 2.24) is 15.2 Å². The fourth-order valence-electron chi connectivity index (χ4n) is 4.57. The largest absolute Gasteiger partial charge is 0.360 e. The molecule has 1 aliphatic carbocycles. The average molecular weight is 458 g/mol. The summed E-state index contributed by atoms with van der Waals surface area (Å²) in [5.74, 6) is 0.0536. The number of aromatic amines is 1. The normalized spacial score (nSPS) is 15.0. The van der Waals surface area contributed by atoms with Gasteiger partial charge < -0.3 is 15.2 Å². The summed E-state index contributed by atoms with van der Waals surface area (Å²) in [6, 6.07) is 12.4. The minimum atomic E-state index is 0.0536. The molecule has 2 N–H and O–H groups in total. The third-order valence-corrected chi connectivity index (χ3v) is 7.11. The Morgan fingerprint density at radius 1 is 1.13 bits per heavy atom. The molecule has 0 spiro atoms. The van der Waals surface area contributed by atoms with Gasteiger partial charge in [-0.2, -0.15) is 0 Å². The Morgan fingerprint density at radius 3 is 2.71 bits per heavy atom. The van der Waals surface area contributed by atoms with Crippen LogP contribution in [-0.4, -0.2) is 42.0 Å². The van der Waals surface area contributed by atoms with E-state index in [4.69, 9.17) is 23.2 Å². The topological polar surface area (TPSA) is 48.1 Å². The first kappa shape index (κ1) is 22.2. The molecule has 4 rings (SSSR count). The third-order valence-electron chi connectivity index (χ3n) is 6.37. The van der Waals surface area contributed by atoms with Gasteiger partial charge in [-0.3, -0.25) is 4.79 Å². The molecule has 1 amide bonds. The van der Waals surface area contributed by atoms with Crippen molar-refractivity contribution in [1.29, 1.82) is 0 Å². The number of carbonyl (C=O) groups excluding carboxylic acids is 1. The highest BCUT2D eigenvalue weighted by Gasteiger charge is 2.18. The second-order valence-electron chi connectivity index (χ2n) is 8.47. The molecule has 0 bridgehead atoms. The molecule has 4 nitrogen and oxygen atoms in total. The Kier molecular flexibility index (Phi) is 7.21. The Labute approximate surface area is 193 Å². The van der Waals surface area contributed by atoms with Gasteiger partial charge in [0, 0.05) is 36.3 Å². The summed E-state index contributed by atoms with van der Waals surface area (Å²) in [5.41, 5.74) is 4.02.